The van der Waals surface area contributed by atoms with Crippen molar-refractivity contribution in [3.63, 3.8) is 0 Å². The summed E-state index contributed by atoms with van der Waals surface area (Å²) in [6.07, 6.45) is 7.45. The Bertz CT molecular complexity index is 470. The second-order valence-corrected chi connectivity index (χ2v) is 7.84. The average Bonchev–Trinajstić information content (AvgIpc) is 2.42. The molecule has 20 heavy (non-hydrogen) atoms. The maximum atomic E-state index is 6.12. The lowest BCUT2D eigenvalue weighted by atomic mass is 9.54. The normalized spacial score (nSPS) is 40.0. The maximum Gasteiger partial charge on any atom is 0.0409 e. The highest BCUT2D eigenvalue weighted by molar-refractivity contribution is 6.30. The zero-order valence-electron chi connectivity index (χ0n) is 12.2. The van der Waals surface area contributed by atoms with Crippen LogP contribution in [-0.4, -0.2) is 6.04 Å². The molecule has 5 rings (SSSR count). The third-order valence-corrected chi connectivity index (χ3v) is 6.25. The molecule has 0 aliphatic heterocycles. The molecule has 1 aromatic carbocycles. The fourth-order valence-corrected chi connectivity index (χ4v) is 5.56. The van der Waals surface area contributed by atoms with Gasteiger partial charge in [0, 0.05) is 17.1 Å². The van der Waals surface area contributed by atoms with Crippen molar-refractivity contribution in [2.45, 2.75) is 51.1 Å². The predicted octanol–water partition coefficient (Wildman–Crippen LogP) is 4.82. The monoisotopic (exact) mass is 289 g/mol. The minimum atomic E-state index is 0.413. The van der Waals surface area contributed by atoms with Crippen LogP contribution in [0.4, 0.5) is 0 Å². The first kappa shape index (κ1) is 13.2. The molecule has 0 saturated heterocycles. The van der Waals surface area contributed by atoms with Crippen LogP contribution in [0.5, 0.6) is 0 Å². The highest BCUT2D eigenvalue weighted by Crippen LogP contribution is 2.54. The van der Waals surface area contributed by atoms with E-state index in [1.807, 2.05) is 6.07 Å². The molecule has 1 aromatic rings. The van der Waals surface area contributed by atoms with Crippen LogP contribution >= 0.6 is 11.6 Å². The zero-order chi connectivity index (χ0) is 13.7. The molecule has 2 heteroatoms. The molecule has 1 nitrogen and oxygen atoms in total. The fourth-order valence-electron chi connectivity index (χ4n) is 5.36. The summed E-state index contributed by atoms with van der Waals surface area (Å²) >= 11 is 6.12. The topological polar surface area (TPSA) is 12.0 Å². The highest BCUT2D eigenvalue weighted by atomic mass is 35.5. The molecule has 4 aliphatic rings. The van der Waals surface area contributed by atoms with Crippen LogP contribution in [0.3, 0.4) is 0 Å². The fraction of sp³-hybridized carbons (Fsp3) is 0.667. The summed E-state index contributed by atoms with van der Waals surface area (Å²) in [4.78, 5) is 0. The maximum absolute atomic E-state index is 6.12. The van der Waals surface area contributed by atoms with Gasteiger partial charge in [-0.25, -0.2) is 0 Å². The van der Waals surface area contributed by atoms with Gasteiger partial charge in [0.25, 0.3) is 0 Å². The van der Waals surface area contributed by atoms with Crippen molar-refractivity contribution in [3.05, 3.63) is 34.9 Å². The smallest absolute Gasteiger partial charge is 0.0409 e. The first-order valence-corrected chi connectivity index (χ1v) is 8.58. The van der Waals surface area contributed by atoms with Crippen LogP contribution in [0.15, 0.2) is 24.3 Å². The average molecular weight is 290 g/mol. The van der Waals surface area contributed by atoms with Crippen molar-refractivity contribution in [2.24, 2.45) is 23.7 Å². The van der Waals surface area contributed by atoms with Crippen LogP contribution in [-0.2, 0) is 0 Å². The van der Waals surface area contributed by atoms with Crippen molar-refractivity contribution < 1.29 is 0 Å². The van der Waals surface area contributed by atoms with Gasteiger partial charge < -0.3 is 5.32 Å². The molecule has 4 fully saturated rings. The number of hydrogen-bond acceptors (Lipinski definition) is 1. The Morgan fingerprint density at radius 2 is 1.70 bits per heavy atom. The minimum absolute atomic E-state index is 0.413. The van der Waals surface area contributed by atoms with Crippen LogP contribution in [0, 0.1) is 23.7 Å². The largest absolute Gasteiger partial charge is 0.307 e. The zero-order valence-corrected chi connectivity index (χ0v) is 12.9. The summed E-state index contributed by atoms with van der Waals surface area (Å²) in [6, 6.07) is 9.48. The number of nitrogens with one attached hydrogen (secondary N) is 1. The summed E-state index contributed by atoms with van der Waals surface area (Å²) < 4.78 is 0. The summed E-state index contributed by atoms with van der Waals surface area (Å²) in [6.45, 7) is 2.29. The van der Waals surface area contributed by atoms with E-state index >= 15 is 0 Å². The van der Waals surface area contributed by atoms with Gasteiger partial charge in [-0.15, -0.1) is 0 Å². The van der Waals surface area contributed by atoms with Crippen LogP contribution in [0.2, 0.25) is 5.02 Å². The molecular weight excluding hydrogens is 266 g/mol. The predicted molar refractivity (Wildman–Crippen MR) is 83.8 cm³/mol. The summed E-state index contributed by atoms with van der Waals surface area (Å²) in [5.74, 6) is 3.98. The van der Waals surface area contributed by atoms with E-state index in [2.05, 4.69) is 30.4 Å². The third kappa shape index (κ3) is 2.29. The quantitative estimate of drug-likeness (QED) is 0.841. The van der Waals surface area contributed by atoms with Gasteiger partial charge in [-0.2, -0.15) is 0 Å². The van der Waals surface area contributed by atoms with Gasteiger partial charge >= 0.3 is 0 Å². The molecule has 0 amide bonds. The molecule has 0 aromatic heterocycles. The molecule has 1 atom stereocenters. The first-order chi connectivity index (χ1) is 9.69. The number of hydrogen-bond donors (Lipinski definition) is 1. The van der Waals surface area contributed by atoms with Crippen molar-refractivity contribution in [1.82, 2.24) is 5.32 Å². The van der Waals surface area contributed by atoms with E-state index < -0.39 is 0 Å². The second-order valence-electron chi connectivity index (χ2n) is 7.40. The molecule has 0 spiro atoms. The molecule has 4 aliphatic carbocycles. The molecule has 0 radical (unpaired) electrons. The number of benzene rings is 1. The Balaban J connectivity index is 1.49. The Labute approximate surface area is 127 Å². The molecular formula is C18H24ClN. The van der Waals surface area contributed by atoms with Gasteiger partial charge in [0.2, 0.25) is 0 Å². The van der Waals surface area contributed by atoms with Gasteiger partial charge in [-0.05, 0) is 80.4 Å². The molecule has 1 unspecified atom stereocenters. The van der Waals surface area contributed by atoms with Crippen LogP contribution in [0.25, 0.3) is 0 Å². The summed E-state index contributed by atoms with van der Waals surface area (Å²) in [5, 5.41) is 4.80. The van der Waals surface area contributed by atoms with E-state index in [9.17, 15) is 0 Å². The minimum Gasteiger partial charge on any atom is -0.307 e. The molecule has 1 N–H and O–H groups in total. The lowest BCUT2D eigenvalue weighted by Gasteiger charge is -2.55. The summed E-state index contributed by atoms with van der Waals surface area (Å²) in [7, 11) is 0. The number of halogens is 1. The standard InChI is InChI=1S/C18H24ClN/c1-11(14-3-2-4-17(19)10-14)20-18-15-6-12-5-13(8-15)9-16(18)7-12/h2-4,10-13,15-16,18,20H,5-9H2,1H3. The number of rotatable bonds is 3. The van der Waals surface area contributed by atoms with Crippen LogP contribution in [0.1, 0.15) is 50.6 Å². The molecule has 4 saturated carbocycles. The summed E-state index contributed by atoms with van der Waals surface area (Å²) in [5.41, 5.74) is 1.33. The Morgan fingerprint density at radius 1 is 1.05 bits per heavy atom. The van der Waals surface area contributed by atoms with Gasteiger partial charge in [0.1, 0.15) is 0 Å². The van der Waals surface area contributed by atoms with Crippen LogP contribution < -0.4 is 5.32 Å². The van der Waals surface area contributed by atoms with Gasteiger partial charge in [-0.3, -0.25) is 0 Å². The molecule has 108 valence electrons. The van der Waals surface area contributed by atoms with E-state index in [-0.39, 0.29) is 0 Å². The third-order valence-electron chi connectivity index (χ3n) is 6.02. The lowest BCUT2D eigenvalue weighted by Crippen LogP contribution is -2.54. The Hall–Kier alpha value is -0.530. The second kappa shape index (κ2) is 5.03. The Morgan fingerprint density at radius 3 is 2.30 bits per heavy atom. The van der Waals surface area contributed by atoms with Gasteiger partial charge in [-0.1, -0.05) is 23.7 Å². The van der Waals surface area contributed by atoms with E-state index in [1.54, 1.807) is 0 Å². The van der Waals surface area contributed by atoms with Gasteiger partial charge in [0.15, 0.2) is 0 Å². The van der Waals surface area contributed by atoms with E-state index in [4.69, 9.17) is 11.6 Å². The van der Waals surface area contributed by atoms with Crippen molar-refractivity contribution in [3.8, 4) is 0 Å². The SMILES string of the molecule is CC(NC1C2CC3CC(C2)CC1C3)c1cccc(Cl)c1. The molecule has 0 heterocycles. The van der Waals surface area contributed by atoms with Crippen molar-refractivity contribution >= 4 is 11.6 Å². The Kier molecular flexibility index (Phi) is 3.31. The van der Waals surface area contributed by atoms with Gasteiger partial charge in [0.05, 0.1) is 0 Å². The van der Waals surface area contributed by atoms with Crippen molar-refractivity contribution in [1.29, 1.82) is 0 Å². The van der Waals surface area contributed by atoms with E-state index in [0.29, 0.717) is 6.04 Å². The first-order valence-electron chi connectivity index (χ1n) is 8.20. The van der Waals surface area contributed by atoms with Crippen molar-refractivity contribution in [2.75, 3.05) is 0 Å². The highest BCUT2D eigenvalue weighted by Gasteiger charge is 2.48. The van der Waals surface area contributed by atoms with E-state index in [1.165, 1.54) is 37.7 Å². The lowest BCUT2D eigenvalue weighted by molar-refractivity contribution is -0.0171. The molecule has 4 bridgehead atoms. The van der Waals surface area contributed by atoms with E-state index in [0.717, 1.165) is 34.7 Å².